The number of aliphatic carboxylic acids is 1. The van der Waals surface area contributed by atoms with Gasteiger partial charge in [0.25, 0.3) is 5.91 Å². The van der Waals surface area contributed by atoms with Crippen LogP contribution in [0.2, 0.25) is 0 Å². The first-order valence-electron chi connectivity index (χ1n) is 7.16. The highest BCUT2D eigenvalue weighted by molar-refractivity contribution is 5.95. The highest BCUT2D eigenvalue weighted by Gasteiger charge is 2.24. The molecule has 0 saturated carbocycles. The standard InChI is InChI=1S/C16H19N3O3/c1-3-11(2)19(10-15(20)21)16(22)14-9-13(17-18-14)12-7-5-4-6-8-12/h4-9,11H,3,10H2,1-2H3,(H,17,18)(H,20,21). The zero-order chi connectivity index (χ0) is 16.1. The summed E-state index contributed by atoms with van der Waals surface area (Å²) in [6.45, 7) is 3.41. The number of carboxylic acids is 1. The lowest BCUT2D eigenvalue weighted by Crippen LogP contribution is -2.42. The molecule has 0 aliphatic rings. The smallest absolute Gasteiger partial charge is 0.323 e. The van der Waals surface area contributed by atoms with Crippen LogP contribution in [0, 0.1) is 0 Å². The van der Waals surface area contributed by atoms with E-state index < -0.39 is 5.97 Å². The summed E-state index contributed by atoms with van der Waals surface area (Å²) >= 11 is 0. The number of carboxylic acid groups (broad SMARTS) is 1. The van der Waals surface area contributed by atoms with Gasteiger partial charge in [-0.1, -0.05) is 37.3 Å². The molecule has 6 heteroatoms. The van der Waals surface area contributed by atoms with E-state index >= 15 is 0 Å². The Hall–Kier alpha value is -2.63. The maximum atomic E-state index is 12.5. The molecular formula is C16H19N3O3. The Morgan fingerprint density at radius 1 is 1.32 bits per heavy atom. The van der Waals surface area contributed by atoms with E-state index in [4.69, 9.17) is 5.11 Å². The molecule has 6 nitrogen and oxygen atoms in total. The topological polar surface area (TPSA) is 86.3 Å². The number of nitrogens with zero attached hydrogens (tertiary/aromatic N) is 2. The number of amides is 1. The molecule has 1 aromatic carbocycles. The van der Waals surface area contributed by atoms with Gasteiger partial charge < -0.3 is 10.0 Å². The quantitative estimate of drug-likeness (QED) is 0.857. The van der Waals surface area contributed by atoms with Gasteiger partial charge in [0.05, 0.1) is 5.69 Å². The minimum absolute atomic E-state index is 0.160. The Morgan fingerprint density at radius 2 is 2.00 bits per heavy atom. The van der Waals surface area contributed by atoms with Crippen molar-refractivity contribution in [2.75, 3.05) is 6.54 Å². The summed E-state index contributed by atoms with van der Waals surface area (Å²) in [5, 5.41) is 15.8. The number of nitrogens with one attached hydrogen (secondary N) is 1. The van der Waals surface area contributed by atoms with Crippen LogP contribution in [0.4, 0.5) is 0 Å². The van der Waals surface area contributed by atoms with E-state index in [1.54, 1.807) is 6.07 Å². The first kappa shape index (κ1) is 15.8. The molecule has 0 saturated heterocycles. The molecule has 1 atom stereocenters. The maximum absolute atomic E-state index is 12.5. The molecule has 1 aromatic heterocycles. The van der Waals surface area contributed by atoms with Gasteiger partial charge in [0.1, 0.15) is 12.2 Å². The lowest BCUT2D eigenvalue weighted by Gasteiger charge is -2.26. The van der Waals surface area contributed by atoms with Crippen LogP contribution in [0.1, 0.15) is 30.8 Å². The van der Waals surface area contributed by atoms with E-state index in [1.165, 1.54) is 4.90 Å². The molecule has 1 unspecified atom stereocenters. The number of hydrogen-bond acceptors (Lipinski definition) is 3. The third-order valence-electron chi connectivity index (χ3n) is 3.57. The van der Waals surface area contributed by atoms with E-state index in [-0.39, 0.29) is 18.5 Å². The van der Waals surface area contributed by atoms with Crippen molar-refractivity contribution >= 4 is 11.9 Å². The lowest BCUT2D eigenvalue weighted by molar-refractivity contribution is -0.138. The van der Waals surface area contributed by atoms with Crippen LogP contribution in [0.15, 0.2) is 36.4 Å². The van der Waals surface area contributed by atoms with Gasteiger partial charge in [0, 0.05) is 11.6 Å². The molecule has 2 aromatic rings. The third-order valence-corrected chi connectivity index (χ3v) is 3.57. The Kier molecular flexibility index (Phi) is 4.93. The first-order chi connectivity index (χ1) is 10.5. The van der Waals surface area contributed by atoms with Gasteiger partial charge in [0.2, 0.25) is 0 Å². The Morgan fingerprint density at radius 3 is 2.59 bits per heavy atom. The summed E-state index contributed by atoms with van der Waals surface area (Å²) in [7, 11) is 0. The molecule has 0 bridgehead atoms. The zero-order valence-corrected chi connectivity index (χ0v) is 12.6. The third kappa shape index (κ3) is 3.52. The number of aromatic amines is 1. The number of carbonyl (C=O) groups is 2. The number of hydrogen-bond donors (Lipinski definition) is 2. The van der Waals surface area contributed by atoms with Gasteiger partial charge in [-0.15, -0.1) is 0 Å². The van der Waals surface area contributed by atoms with Crippen LogP contribution in [0.3, 0.4) is 0 Å². The molecule has 22 heavy (non-hydrogen) atoms. The average molecular weight is 301 g/mol. The lowest BCUT2D eigenvalue weighted by atomic mass is 10.1. The Balaban J connectivity index is 2.24. The second-order valence-corrected chi connectivity index (χ2v) is 5.12. The fourth-order valence-electron chi connectivity index (χ4n) is 2.14. The molecular weight excluding hydrogens is 282 g/mol. The van der Waals surface area contributed by atoms with Crippen molar-refractivity contribution in [1.29, 1.82) is 0 Å². The van der Waals surface area contributed by atoms with Crippen molar-refractivity contribution in [3.05, 3.63) is 42.1 Å². The highest BCUT2D eigenvalue weighted by Crippen LogP contribution is 2.18. The van der Waals surface area contributed by atoms with Gasteiger partial charge in [-0.05, 0) is 19.4 Å². The predicted molar refractivity (Wildman–Crippen MR) is 82.4 cm³/mol. The molecule has 2 N–H and O–H groups in total. The number of rotatable bonds is 6. The SMILES string of the molecule is CCC(C)N(CC(=O)O)C(=O)c1cc(-c2ccccc2)n[nH]1. The van der Waals surface area contributed by atoms with Gasteiger partial charge in [-0.25, -0.2) is 0 Å². The normalized spacial score (nSPS) is 11.9. The second kappa shape index (κ2) is 6.89. The van der Waals surface area contributed by atoms with Gasteiger partial charge >= 0.3 is 5.97 Å². The second-order valence-electron chi connectivity index (χ2n) is 5.12. The minimum atomic E-state index is -1.03. The molecule has 116 valence electrons. The summed E-state index contributed by atoms with van der Waals surface area (Å²) < 4.78 is 0. The molecule has 0 aliphatic carbocycles. The first-order valence-corrected chi connectivity index (χ1v) is 7.16. The number of H-pyrrole nitrogens is 1. The summed E-state index contributed by atoms with van der Waals surface area (Å²) in [5.74, 6) is -1.39. The van der Waals surface area contributed by atoms with Crippen LogP contribution in [-0.4, -0.2) is 44.7 Å². The van der Waals surface area contributed by atoms with E-state index in [9.17, 15) is 9.59 Å². The van der Waals surface area contributed by atoms with Crippen LogP contribution >= 0.6 is 0 Å². The van der Waals surface area contributed by atoms with Crippen molar-refractivity contribution < 1.29 is 14.7 Å². The summed E-state index contributed by atoms with van der Waals surface area (Å²) in [6.07, 6.45) is 0.679. The van der Waals surface area contributed by atoms with Crippen LogP contribution < -0.4 is 0 Å². The zero-order valence-electron chi connectivity index (χ0n) is 12.6. The molecule has 1 heterocycles. The summed E-state index contributed by atoms with van der Waals surface area (Å²) in [5.41, 5.74) is 1.84. The fourth-order valence-corrected chi connectivity index (χ4v) is 2.14. The Bertz CT molecular complexity index is 652. The van der Waals surface area contributed by atoms with Crippen LogP contribution in [0.25, 0.3) is 11.3 Å². The van der Waals surface area contributed by atoms with Crippen molar-refractivity contribution in [1.82, 2.24) is 15.1 Å². The molecule has 1 amide bonds. The summed E-state index contributed by atoms with van der Waals surface area (Å²) in [4.78, 5) is 24.8. The highest BCUT2D eigenvalue weighted by atomic mass is 16.4. The monoisotopic (exact) mass is 301 g/mol. The predicted octanol–water partition coefficient (Wildman–Crippen LogP) is 2.40. The molecule has 2 rings (SSSR count). The Labute approximate surface area is 128 Å². The largest absolute Gasteiger partial charge is 0.480 e. The van der Waals surface area contributed by atoms with Gasteiger partial charge in [-0.3, -0.25) is 14.7 Å². The minimum Gasteiger partial charge on any atom is -0.480 e. The summed E-state index contributed by atoms with van der Waals surface area (Å²) in [6, 6.07) is 11.0. The average Bonchev–Trinajstić information content (AvgIpc) is 3.02. The van der Waals surface area contributed by atoms with E-state index in [2.05, 4.69) is 10.2 Å². The van der Waals surface area contributed by atoms with E-state index in [0.717, 1.165) is 5.56 Å². The molecule has 0 spiro atoms. The fraction of sp³-hybridized carbons (Fsp3) is 0.312. The van der Waals surface area contributed by atoms with Crippen LogP contribution in [0.5, 0.6) is 0 Å². The van der Waals surface area contributed by atoms with Crippen molar-refractivity contribution in [3.63, 3.8) is 0 Å². The van der Waals surface area contributed by atoms with Crippen molar-refractivity contribution in [3.8, 4) is 11.3 Å². The molecule has 0 aliphatic heterocycles. The number of carbonyl (C=O) groups excluding carboxylic acids is 1. The van der Waals surface area contributed by atoms with Gasteiger partial charge in [0.15, 0.2) is 0 Å². The van der Waals surface area contributed by atoms with E-state index in [1.807, 2.05) is 44.2 Å². The number of benzene rings is 1. The molecule has 0 radical (unpaired) electrons. The molecule has 0 fully saturated rings. The van der Waals surface area contributed by atoms with Crippen molar-refractivity contribution in [2.45, 2.75) is 26.3 Å². The number of aromatic nitrogens is 2. The van der Waals surface area contributed by atoms with E-state index in [0.29, 0.717) is 17.8 Å². The van der Waals surface area contributed by atoms with Gasteiger partial charge in [-0.2, -0.15) is 5.10 Å². The van der Waals surface area contributed by atoms with Crippen molar-refractivity contribution in [2.24, 2.45) is 0 Å². The van der Waals surface area contributed by atoms with Crippen LogP contribution in [-0.2, 0) is 4.79 Å². The maximum Gasteiger partial charge on any atom is 0.323 e.